The molecule has 0 aliphatic carbocycles. The molecule has 0 saturated heterocycles. The van der Waals surface area contributed by atoms with Crippen LogP contribution in [0.2, 0.25) is 0 Å². The van der Waals surface area contributed by atoms with Crippen molar-refractivity contribution in [2.24, 2.45) is 5.10 Å². The van der Waals surface area contributed by atoms with Gasteiger partial charge in [0, 0.05) is 24.7 Å². The molecule has 9 heteroatoms. The predicted molar refractivity (Wildman–Crippen MR) is 89.1 cm³/mol. The van der Waals surface area contributed by atoms with Crippen LogP contribution in [0, 0.1) is 0 Å². The van der Waals surface area contributed by atoms with Gasteiger partial charge in [-0.25, -0.2) is 5.43 Å². The van der Waals surface area contributed by atoms with E-state index in [4.69, 9.17) is 0 Å². The molecular weight excluding hydrogens is 298 g/mol. The first-order valence-corrected chi connectivity index (χ1v) is 7.17. The van der Waals surface area contributed by atoms with Crippen LogP contribution in [0.3, 0.4) is 0 Å². The summed E-state index contributed by atoms with van der Waals surface area (Å²) in [6.45, 7) is 5.24. The van der Waals surface area contributed by atoms with Crippen molar-refractivity contribution in [3.63, 3.8) is 0 Å². The van der Waals surface area contributed by atoms with Gasteiger partial charge < -0.3 is 20.8 Å². The molecule has 0 spiro atoms. The highest BCUT2D eigenvalue weighted by Gasteiger charge is 2.05. The summed E-state index contributed by atoms with van der Waals surface area (Å²) in [5, 5.41) is 28.9. The summed E-state index contributed by atoms with van der Waals surface area (Å²) in [4.78, 5) is 12.5. The number of phenolic OH excluding ortho intramolecular Hbond substituents is 2. The summed E-state index contributed by atoms with van der Waals surface area (Å²) in [6, 6.07) is 4.23. The second-order valence-electron chi connectivity index (χ2n) is 4.48. The maximum atomic E-state index is 9.68. The Kier molecular flexibility index (Phi) is 5.50. The topological polar surface area (TPSA) is 128 Å². The van der Waals surface area contributed by atoms with Gasteiger partial charge in [0.05, 0.1) is 6.21 Å². The van der Waals surface area contributed by atoms with Gasteiger partial charge in [0.25, 0.3) is 0 Å². The molecule has 0 radical (unpaired) electrons. The molecular formula is C14H19N7O2. The zero-order valence-corrected chi connectivity index (χ0v) is 12.9. The van der Waals surface area contributed by atoms with Gasteiger partial charge in [-0.15, -0.1) is 0 Å². The van der Waals surface area contributed by atoms with E-state index >= 15 is 0 Å². The molecule has 0 fully saturated rings. The van der Waals surface area contributed by atoms with Gasteiger partial charge in [-0.05, 0) is 26.0 Å². The molecule has 23 heavy (non-hydrogen) atoms. The van der Waals surface area contributed by atoms with Gasteiger partial charge in [0.15, 0.2) is 0 Å². The summed E-state index contributed by atoms with van der Waals surface area (Å²) in [6.07, 6.45) is 1.40. The molecule has 1 aromatic carbocycles. The van der Waals surface area contributed by atoms with Gasteiger partial charge in [-0.3, -0.25) is 0 Å². The highest BCUT2D eigenvalue weighted by Crippen LogP contribution is 2.20. The molecule has 0 saturated carbocycles. The first kappa shape index (κ1) is 16.3. The van der Waals surface area contributed by atoms with E-state index in [0.29, 0.717) is 30.5 Å². The van der Waals surface area contributed by atoms with Crippen LogP contribution in [-0.4, -0.2) is 44.5 Å². The molecule has 1 heterocycles. The molecule has 2 aromatic rings. The van der Waals surface area contributed by atoms with E-state index in [1.807, 2.05) is 13.8 Å². The van der Waals surface area contributed by atoms with Crippen molar-refractivity contribution >= 4 is 24.1 Å². The Hall–Kier alpha value is -3.10. The van der Waals surface area contributed by atoms with E-state index < -0.39 is 0 Å². The fourth-order valence-electron chi connectivity index (χ4n) is 1.70. The SMILES string of the molecule is CCNc1nc(NCC)nc(NN=Cc2ccc(O)cc2O)n1. The highest BCUT2D eigenvalue weighted by molar-refractivity contribution is 5.84. The van der Waals surface area contributed by atoms with E-state index in [2.05, 4.69) is 36.1 Å². The number of aromatic nitrogens is 3. The second-order valence-corrected chi connectivity index (χ2v) is 4.48. The molecule has 0 aliphatic heterocycles. The lowest BCUT2D eigenvalue weighted by molar-refractivity contribution is 0.450. The van der Waals surface area contributed by atoms with Crippen LogP contribution < -0.4 is 16.1 Å². The fourth-order valence-corrected chi connectivity index (χ4v) is 1.70. The standard InChI is InChI=1S/C14H19N7O2/c1-3-15-12-18-13(16-4-2)20-14(19-12)21-17-8-9-5-6-10(22)7-11(9)23/h5-8,22-23H,3-4H2,1-2H3,(H3,15,16,18,19,20,21). The van der Waals surface area contributed by atoms with Crippen LogP contribution in [0.1, 0.15) is 19.4 Å². The van der Waals surface area contributed by atoms with Crippen molar-refractivity contribution in [2.45, 2.75) is 13.8 Å². The van der Waals surface area contributed by atoms with Crippen LogP contribution in [-0.2, 0) is 0 Å². The largest absolute Gasteiger partial charge is 0.508 e. The van der Waals surface area contributed by atoms with Gasteiger partial charge in [-0.2, -0.15) is 20.1 Å². The lowest BCUT2D eigenvalue weighted by Gasteiger charge is -2.07. The van der Waals surface area contributed by atoms with Crippen LogP contribution in [0.4, 0.5) is 17.8 Å². The molecule has 2 rings (SSSR count). The fraction of sp³-hybridized carbons (Fsp3) is 0.286. The van der Waals surface area contributed by atoms with Crippen molar-refractivity contribution < 1.29 is 10.2 Å². The normalized spacial score (nSPS) is 10.7. The Bertz CT molecular complexity index is 667. The summed E-state index contributed by atoms with van der Waals surface area (Å²) < 4.78 is 0. The Morgan fingerprint density at radius 1 is 1.00 bits per heavy atom. The Morgan fingerprint density at radius 2 is 1.61 bits per heavy atom. The molecule has 1 aromatic heterocycles. The van der Waals surface area contributed by atoms with E-state index in [9.17, 15) is 10.2 Å². The number of hydrogen-bond donors (Lipinski definition) is 5. The minimum absolute atomic E-state index is 0.0179. The predicted octanol–water partition coefficient (Wildman–Crippen LogP) is 1.59. The van der Waals surface area contributed by atoms with E-state index in [1.54, 1.807) is 0 Å². The van der Waals surface area contributed by atoms with Gasteiger partial charge in [0.2, 0.25) is 17.8 Å². The first-order valence-electron chi connectivity index (χ1n) is 7.17. The number of rotatable bonds is 7. The Balaban J connectivity index is 2.13. The van der Waals surface area contributed by atoms with Crippen LogP contribution >= 0.6 is 0 Å². The third-order valence-electron chi connectivity index (χ3n) is 2.69. The highest BCUT2D eigenvalue weighted by atomic mass is 16.3. The van der Waals surface area contributed by atoms with E-state index in [-0.39, 0.29) is 17.4 Å². The quantitative estimate of drug-likeness (QED) is 0.385. The van der Waals surface area contributed by atoms with Crippen LogP contribution in [0.15, 0.2) is 23.3 Å². The number of hydrogen-bond acceptors (Lipinski definition) is 9. The molecule has 0 aliphatic rings. The van der Waals surface area contributed by atoms with Crippen molar-refractivity contribution in [2.75, 3.05) is 29.1 Å². The maximum Gasteiger partial charge on any atom is 0.250 e. The minimum atomic E-state index is -0.0760. The average molecular weight is 317 g/mol. The first-order chi connectivity index (χ1) is 11.1. The number of nitrogens with zero attached hydrogens (tertiary/aromatic N) is 4. The van der Waals surface area contributed by atoms with Crippen LogP contribution in [0.25, 0.3) is 0 Å². The average Bonchev–Trinajstić information content (AvgIpc) is 2.50. The van der Waals surface area contributed by atoms with Crippen molar-refractivity contribution in [3.8, 4) is 11.5 Å². The lowest BCUT2D eigenvalue weighted by Crippen LogP contribution is -2.10. The summed E-state index contributed by atoms with van der Waals surface area (Å²) in [7, 11) is 0. The monoisotopic (exact) mass is 317 g/mol. The second kappa shape index (κ2) is 7.78. The van der Waals surface area contributed by atoms with Gasteiger partial charge in [0.1, 0.15) is 11.5 Å². The summed E-state index contributed by atoms with van der Waals surface area (Å²) in [5.41, 5.74) is 3.13. The van der Waals surface area contributed by atoms with E-state index in [0.717, 1.165) is 0 Å². The number of hydrazone groups is 1. The Morgan fingerprint density at radius 3 is 2.17 bits per heavy atom. The smallest absolute Gasteiger partial charge is 0.250 e. The summed E-state index contributed by atoms with van der Waals surface area (Å²) in [5.74, 6) is 1.04. The minimum Gasteiger partial charge on any atom is -0.508 e. The molecule has 122 valence electrons. The lowest BCUT2D eigenvalue weighted by atomic mass is 10.2. The summed E-state index contributed by atoms with van der Waals surface area (Å²) >= 11 is 0. The third-order valence-corrected chi connectivity index (χ3v) is 2.69. The molecule has 0 amide bonds. The van der Waals surface area contributed by atoms with Gasteiger partial charge >= 0.3 is 0 Å². The number of nitrogens with one attached hydrogen (secondary N) is 3. The number of aromatic hydroxyl groups is 2. The number of anilines is 3. The Labute approximate surface area is 133 Å². The van der Waals surface area contributed by atoms with Crippen molar-refractivity contribution in [1.29, 1.82) is 0 Å². The number of benzene rings is 1. The van der Waals surface area contributed by atoms with Crippen molar-refractivity contribution in [1.82, 2.24) is 15.0 Å². The van der Waals surface area contributed by atoms with Crippen molar-refractivity contribution in [3.05, 3.63) is 23.8 Å². The third kappa shape index (κ3) is 4.70. The van der Waals surface area contributed by atoms with E-state index in [1.165, 1.54) is 24.4 Å². The van der Waals surface area contributed by atoms with Crippen LogP contribution in [0.5, 0.6) is 11.5 Å². The number of phenols is 2. The van der Waals surface area contributed by atoms with Gasteiger partial charge in [-0.1, -0.05) is 0 Å². The molecule has 0 unspecified atom stereocenters. The zero-order valence-electron chi connectivity index (χ0n) is 12.9. The zero-order chi connectivity index (χ0) is 16.7. The molecule has 0 atom stereocenters. The molecule has 5 N–H and O–H groups in total. The maximum absolute atomic E-state index is 9.68. The molecule has 9 nitrogen and oxygen atoms in total. The molecule has 0 bridgehead atoms.